The van der Waals surface area contributed by atoms with E-state index in [0.717, 1.165) is 24.9 Å². The van der Waals surface area contributed by atoms with Crippen molar-refractivity contribution in [1.29, 1.82) is 0 Å². The van der Waals surface area contributed by atoms with Gasteiger partial charge in [-0.2, -0.15) is 0 Å². The predicted octanol–water partition coefficient (Wildman–Crippen LogP) is 2.64. The van der Waals surface area contributed by atoms with Crippen LogP contribution in [0.4, 0.5) is 0 Å². The number of benzene rings is 1. The average molecular weight is 530 g/mol. The quantitative estimate of drug-likeness (QED) is 0.213. The van der Waals surface area contributed by atoms with Crippen molar-refractivity contribution in [2.24, 2.45) is 4.99 Å². The number of unbranched alkanes of at least 4 members (excludes halogenated alkanes) is 1. The molecule has 1 aromatic carbocycles. The highest BCUT2D eigenvalue weighted by molar-refractivity contribution is 14.0. The van der Waals surface area contributed by atoms with Crippen molar-refractivity contribution in [2.75, 3.05) is 34.9 Å². The van der Waals surface area contributed by atoms with E-state index in [1.165, 1.54) is 0 Å². The van der Waals surface area contributed by atoms with Gasteiger partial charge in [0.05, 0.1) is 21.3 Å². The summed E-state index contributed by atoms with van der Waals surface area (Å²) in [6, 6.07) is 9.00. The highest BCUT2D eigenvalue weighted by Gasteiger charge is 2.13. The van der Waals surface area contributed by atoms with E-state index in [1.807, 2.05) is 24.4 Å². The van der Waals surface area contributed by atoms with Gasteiger partial charge >= 0.3 is 0 Å². The number of halogens is 1. The topological polar surface area (TPSA) is 86.1 Å². The Kier molecular flexibility index (Phi) is 11.7. The lowest BCUT2D eigenvalue weighted by atomic mass is 10.2. The third-order valence-electron chi connectivity index (χ3n) is 4.43. The fourth-order valence-electron chi connectivity index (χ4n) is 2.90. The van der Waals surface area contributed by atoms with Gasteiger partial charge in [-0.05, 0) is 36.6 Å². The SMILES string of the molecule is CN=C(NCCCCn1ccccc1=O)NCc1cc(OC)c(OC)c(OC)c1.I. The first-order valence-corrected chi connectivity index (χ1v) is 9.51. The minimum Gasteiger partial charge on any atom is -0.493 e. The fraction of sp³-hybridized carbons (Fsp3) is 0.429. The molecule has 0 radical (unpaired) electrons. The lowest BCUT2D eigenvalue weighted by molar-refractivity contribution is 0.323. The number of hydrogen-bond acceptors (Lipinski definition) is 5. The third-order valence-corrected chi connectivity index (χ3v) is 4.43. The molecule has 0 aliphatic heterocycles. The van der Waals surface area contributed by atoms with Crippen molar-refractivity contribution in [3.05, 3.63) is 52.4 Å². The maximum absolute atomic E-state index is 11.7. The molecule has 166 valence electrons. The van der Waals surface area contributed by atoms with Crippen molar-refractivity contribution in [2.45, 2.75) is 25.9 Å². The molecule has 0 bridgehead atoms. The van der Waals surface area contributed by atoms with Crippen LogP contribution in [0.3, 0.4) is 0 Å². The van der Waals surface area contributed by atoms with Gasteiger partial charge in [0.2, 0.25) is 11.3 Å². The second-order valence-corrected chi connectivity index (χ2v) is 6.33. The molecule has 1 heterocycles. The molecule has 2 rings (SSSR count). The standard InChI is InChI=1S/C21H30N4O4.HI/c1-22-21(23-10-6-8-12-25-11-7-5-9-19(25)26)24-15-16-13-17(27-2)20(29-4)18(14-16)28-3;/h5,7,9,11,13-14H,6,8,10,12,15H2,1-4H3,(H2,22,23,24);1H. The van der Waals surface area contributed by atoms with Crippen LogP contribution in [0, 0.1) is 0 Å². The van der Waals surface area contributed by atoms with E-state index in [-0.39, 0.29) is 29.5 Å². The third kappa shape index (κ3) is 7.43. The Labute approximate surface area is 194 Å². The van der Waals surface area contributed by atoms with Gasteiger partial charge in [0.15, 0.2) is 17.5 Å². The van der Waals surface area contributed by atoms with Gasteiger partial charge in [0.1, 0.15) is 0 Å². The van der Waals surface area contributed by atoms with Crippen LogP contribution in [-0.4, -0.2) is 45.4 Å². The lowest BCUT2D eigenvalue weighted by Crippen LogP contribution is -2.37. The van der Waals surface area contributed by atoms with Gasteiger partial charge < -0.3 is 29.4 Å². The number of hydrogen-bond donors (Lipinski definition) is 2. The molecular formula is C21H31IN4O4. The molecule has 0 spiro atoms. The van der Waals surface area contributed by atoms with Crippen molar-refractivity contribution in [3.63, 3.8) is 0 Å². The van der Waals surface area contributed by atoms with Crippen LogP contribution in [0.1, 0.15) is 18.4 Å². The number of rotatable bonds is 10. The van der Waals surface area contributed by atoms with Crippen LogP contribution in [0.5, 0.6) is 17.2 Å². The molecule has 30 heavy (non-hydrogen) atoms. The normalized spacial score (nSPS) is 10.7. The summed E-state index contributed by atoms with van der Waals surface area (Å²) in [4.78, 5) is 15.9. The number of ether oxygens (including phenoxy) is 3. The van der Waals surface area contributed by atoms with Gasteiger partial charge in [-0.15, -0.1) is 24.0 Å². The maximum Gasteiger partial charge on any atom is 0.250 e. The number of pyridine rings is 1. The Morgan fingerprint density at radius 3 is 2.30 bits per heavy atom. The van der Waals surface area contributed by atoms with Crippen LogP contribution in [0.15, 0.2) is 46.3 Å². The number of methoxy groups -OCH3 is 3. The summed E-state index contributed by atoms with van der Waals surface area (Å²) in [6.45, 7) is 2.02. The maximum atomic E-state index is 11.7. The summed E-state index contributed by atoms with van der Waals surface area (Å²) < 4.78 is 17.8. The van der Waals surface area contributed by atoms with Crippen LogP contribution in [-0.2, 0) is 13.1 Å². The molecule has 2 aromatic rings. The molecule has 2 N–H and O–H groups in total. The predicted molar refractivity (Wildman–Crippen MR) is 130 cm³/mol. The molecule has 8 nitrogen and oxygen atoms in total. The Morgan fingerprint density at radius 1 is 1.03 bits per heavy atom. The molecule has 0 atom stereocenters. The Bertz CT molecular complexity index is 845. The van der Waals surface area contributed by atoms with Gasteiger partial charge in [-0.25, -0.2) is 0 Å². The first-order valence-electron chi connectivity index (χ1n) is 9.51. The monoisotopic (exact) mass is 530 g/mol. The molecule has 0 saturated carbocycles. The van der Waals surface area contributed by atoms with E-state index < -0.39 is 0 Å². The fourth-order valence-corrected chi connectivity index (χ4v) is 2.90. The highest BCUT2D eigenvalue weighted by atomic mass is 127. The van der Waals surface area contributed by atoms with Crippen LogP contribution < -0.4 is 30.4 Å². The zero-order valence-electron chi connectivity index (χ0n) is 17.9. The van der Waals surface area contributed by atoms with E-state index in [0.29, 0.717) is 36.3 Å². The van der Waals surface area contributed by atoms with E-state index in [2.05, 4.69) is 15.6 Å². The first kappa shape index (κ1) is 25.6. The molecule has 0 aliphatic carbocycles. The largest absolute Gasteiger partial charge is 0.493 e. The molecule has 9 heteroatoms. The molecular weight excluding hydrogens is 499 g/mol. The van der Waals surface area contributed by atoms with Crippen molar-refractivity contribution in [1.82, 2.24) is 15.2 Å². The highest BCUT2D eigenvalue weighted by Crippen LogP contribution is 2.38. The number of guanidine groups is 1. The van der Waals surface area contributed by atoms with Crippen LogP contribution >= 0.6 is 24.0 Å². The molecule has 0 saturated heterocycles. The minimum atomic E-state index is 0. The Hall–Kier alpha value is -2.43. The van der Waals surface area contributed by atoms with Gasteiger partial charge in [0, 0.05) is 38.9 Å². The number of nitrogens with one attached hydrogen (secondary N) is 2. The van der Waals surface area contributed by atoms with E-state index in [1.54, 1.807) is 45.1 Å². The van der Waals surface area contributed by atoms with E-state index in [4.69, 9.17) is 14.2 Å². The number of aliphatic imine (C=N–C) groups is 1. The lowest BCUT2D eigenvalue weighted by Gasteiger charge is -2.16. The number of aryl methyl sites for hydroxylation is 1. The summed E-state index contributed by atoms with van der Waals surface area (Å²) in [5, 5.41) is 6.56. The number of aromatic nitrogens is 1. The first-order chi connectivity index (χ1) is 14.1. The van der Waals surface area contributed by atoms with Gasteiger partial charge in [-0.3, -0.25) is 9.79 Å². The van der Waals surface area contributed by atoms with Crippen molar-refractivity contribution < 1.29 is 14.2 Å². The molecule has 0 fully saturated rings. The minimum absolute atomic E-state index is 0. The summed E-state index contributed by atoms with van der Waals surface area (Å²) in [5.41, 5.74) is 1.01. The second-order valence-electron chi connectivity index (χ2n) is 6.33. The van der Waals surface area contributed by atoms with E-state index in [9.17, 15) is 4.79 Å². The van der Waals surface area contributed by atoms with Gasteiger partial charge in [0.25, 0.3) is 0 Å². The zero-order chi connectivity index (χ0) is 21.1. The van der Waals surface area contributed by atoms with Crippen LogP contribution in [0.25, 0.3) is 0 Å². The van der Waals surface area contributed by atoms with Gasteiger partial charge in [-0.1, -0.05) is 6.07 Å². The molecule has 0 aliphatic rings. The zero-order valence-corrected chi connectivity index (χ0v) is 20.3. The van der Waals surface area contributed by atoms with Crippen molar-refractivity contribution in [3.8, 4) is 17.2 Å². The second kappa shape index (κ2) is 13.7. The van der Waals surface area contributed by atoms with E-state index >= 15 is 0 Å². The number of nitrogens with zero attached hydrogens (tertiary/aromatic N) is 2. The molecule has 1 aromatic heterocycles. The summed E-state index contributed by atoms with van der Waals surface area (Å²) in [7, 11) is 6.50. The smallest absolute Gasteiger partial charge is 0.250 e. The Morgan fingerprint density at radius 2 is 1.73 bits per heavy atom. The summed E-state index contributed by atoms with van der Waals surface area (Å²) >= 11 is 0. The summed E-state index contributed by atoms with van der Waals surface area (Å²) in [6.07, 6.45) is 3.64. The van der Waals surface area contributed by atoms with Crippen molar-refractivity contribution >= 4 is 29.9 Å². The average Bonchev–Trinajstić information content (AvgIpc) is 2.75. The molecule has 0 amide bonds. The molecule has 0 unspecified atom stereocenters. The summed E-state index contributed by atoms with van der Waals surface area (Å²) in [5.74, 6) is 2.50. The van der Waals surface area contributed by atoms with Crippen LogP contribution in [0.2, 0.25) is 0 Å². The Balaban J connectivity index is 0.00000450.